The van der Waals surface area contributed by atoms with Crippen LogP contribution in [-0.4, -0.2) is 50.3 Å². The van der Waals surface area contributed by atoms with Gasteiger partial charge in [-0.3, -0.25) is 0 Å². The summed E-state index contributed by atoms with van der Waals surface area (Å²) in [5, 5.41) is 3.63. The lowest BCUT2D eigenvalue weighted by atomic mass is 9.84. The Kier molecular flexibility index (Phi) is 4.38. The summed E-state index contributed by atoms with van der Waals surface area (Å²) in [4.78, 5) is 2.58. The minimum Gasteiger partial charge on any atom is -0.376 e. The predicted octanol–water partition coefficient (Wildman–Crippen LogP) is 1.26. The Bertz CT molecular complexity index is 234. The fourth-order valence-corrected chi connectivity index (χ4v) is 2.76. The number of rotatable bonds is 6. The second-order valence-corrected chi connectivity index (χ2v) is 5.21. The molecule has 3 fully saturated rings. The SMILES string of the molecule is C=C(C)COCCNC1CN2CCC1CC2. The Hall–Kier alpha value is -0.380. The Morgan fingerprint density at radius 3 is 2.75 bits per heavy atom. The fourth-order valence-electron chi connectivity index (χ4n) is 2.76. The van der Waals surface area contributed by atoms with E-state index in [2.05, 4.69) is 16.8 Å². The maximum atomic E-state index is 5.49. The smallest absolute Gasteiger partial charge is 0.0672 e. The molecule has 92 valence electrons. The first-order chi connectivity index (χ1) is 7.75. The Morgan fingerprint density at radius 1 is 1.44 bits per heavy atom. The van der Waals surface area contributed by atoms with E-state index in [0.29, 0.717) is 12.6 Å². The van der Waals surface area contributed by atoms with Crippen LogP contribution in [0.4, 0.5) is 0 Å². The van der Waals surface area contributed by atoms with Crippen molar-refractivity contribution in [1.82, 2.24) is 10.2 Å². The molecule has 3 rings (SSSR count). The van der Waals surface area contributed by atoms with Crippen molar-refractivity contribution < 1.29 is 4.74 Å². The third-order valence-corrected chi connectivity index (χ3v) is 3.66. The van der Waals surface area contributed by atoms with Crippen LogP contribution < -0.4 is 5.32 Å². The van der Waals surface area contributed by atoms with Gasteiger partial charge in [-0.2, -0.15) is 0 Å². The van der Waals surface area contributed by atoms with Gasteiger partial charge in [-0.25, -0.2) is 0 Å². The third kappa shape index (κ3) is 3.30. The summed E-state index contributed by atoms with van der Waals surface area (Å²) < 4.78 is 5.49. The number of nitrogens with zero attached hydrogens (tertiary/aromatic N) is 1. The maximum absolute atomic E-state index is 5.49. The molecule has 0 saturated carbocycles. The molecule has 1 atom stereocenters. The molecule has 0 aromatic carbocycles. The van der Waals surface area contributed by atoms with Gasteiger partial charge in [0.2, 0.25) is 0 Å². The topological polar surface area (TPSA) is 24.5 Å². The lowest BCUT2D eigenvalue weighted by molar-refractivity contribution is 0.0665. The monoisotopic (exact) mass is 224 g/mol. The van der Waals surface area contributed by atoms with Crippen molar-refractivity contribution >= 4 is 0 Å². The lowest BCUT2D eigenvalue weighted by Crippen LogP contribution is -2.56. The first-order valence-electron chi connectivity index (χ1n) is 6.43. The number of hydrogen-bond donors (Lipinski definition) is 1. The average Bonchev–Trinajstić information content (AvgIpc) is 2.30. The van der Waals surface area contributed by atoms with Crippen molar-refractivity contribution in [3.05, 3.63) is 12.2 Å². The second-order valence-electron chi connectivity index (χ2n) is 5.21. The molecule has 0 amide bonds. The molecule has 0 spiro atoms. The fraction of sp³-hybridized carbons (Fsp3) is 0.846. The molecule has 2 bridgehead atoms. The molecule has 1 unspecified atom stereocenters. The van der Waals surface area contributed by atoms with E-state index >= 15 is 0 Å². The van der Waals surface area contributed by atoms with Gasteiger partial charge >= 0.3 is 0 Å². The van der Waals surface area contributed by atoms with E-state index in [0.717, 1.165) is 24.6 Å². The molecule has 3 heteroatoms. The van der Waals surface area contributed by atoms with Crippen LogP contribution in [0.2, 0.25) is 0 Å². The summed E-state index contributed by atoms with van der Waals surface area (Å²) >= 11 is 0. The van der Waals surface area contributed by atoms with E-state index in [-0.39, 0.29) is 0 Å². The third-order valence-electron chi connectivity index (χ3n) is 3.66. The molecular weight excluding hydrogens is 200 g/mol. The van der Waals surface area contributed by atoms with Crippen LogP contribution in [0.15, 0.2) is 12.2 Å². The molecular formula is C13H24N2O. The first kappa shape index (κ1) is 12.1. The number of ether oxygens (including phenoxy) is 1. The van der Waals surface area contributed by atoms with Gasteiger partial charge in [0, 0.05) is 19.1 Å². The van der Waals surface area contributed by atoms with Gasteiger partial charge in [0.1, 0.15) is 0 Å². The van der Waals surface area contributed by atoms with Crippen LogP contribution in [0, 0.1) is 5.92 Å². The molecule has 0 aromatic rings. The van der Waals surface area contributed by atoms with Gasteiger partial charge in [0.25, 0.3) is 0 Å². The highest BCUT2D eigenvalue weighted by atomic mass is 16.5. The highest BCUT2D eigenvalue weighted by molar-refractivity contribution is 4.91. The summed E-state index contributed by atoms with van der Waals surface area (Å²) in [5.74, 6) is 0.908. The minimum absolute atomic E-state index is 0.696. The van der Waals surface area contributed by atoms with Crippen LogP contribution in [-0.2, 0) is 4.74 Å². The molecule has 1 N–H and O–H groups in total. The summed E-state index contributed by atoms with van der Waals surface area (Å²) in [6.45, 7) is 12.2. The highest BCUT2D eigenvalue weighted by Crippen LogP contribution is 2.27. The van der Waals surface area contributed by atoms with E-state index in [1.54, 1.807) is 0 Å². The van der Waals surface area contributed by atoms with Crippen LogP contribution in [0.25, 0.3) is 0 Å². The van der Waals surface area contributed by atoms with E-state index in [1.165, 1.54) is 32.5 Å². The maximum Gasteiger partial charge on any atom is 0.0672 e. The van der Waals surface area contributed by atoms with Crippen LogP contribution in [0.3, 0.4) is 0 Å². The summed E-state index contributed by atoms with van der Waals surface area (Å²) in [7, 11) is 0. The lowest BCUT2D eigenvalue weighted by Gasteiger charge is -2.45. The first-order valence-corrected chi connectivity index (χ1v) is 6.43. The molecule has 16 heavy (non-hydrogen) atoms. The largest absolute Gasteiger partial charge is 0.376 e. The van der Waals surface area contributed by atoms with Gasteiger partial charge in [-0.1, -0.05) is 12.2 Å². The van der Waals surface area contributed by atoms with Crippen LogP contribution in [0.1, 0.15) is 19.8 Å². The van der Waals surface area contributed by atoms with E-state index in [1.807, 2.05) is 6.92 Å². The Morgan fingerprint density at radius 2 is 2.19 bits per heavy atom. The normalized spacial score (nSPS) is 32.9. The van der Waals surface area contributed by atoms with Gasteiger partial charge in [0.15, 0.2) is 0 Å². The molecule has 3 saturated heterocycles. The molecule has 3 aliphatic rings. The predicted molar refractivity (Wildman–Crippen MR) is 66.6 cm³/mol. The standard InChI is InChI=1S/C13H24N2O/c1-11(2)10-16-8-5-14-13-9-15-6-3-12(13)4-7-15/h12-14H,1,3-10H2,2H3. The van der Waals surface area contributed by atoms with E-state index in [9.17, 15) is 0 Å². The van der Waals surface area contributed by atoms with Crippen LogP contribution in [0.5, 0.6) is 0 Å². The number of fused-ring (bicyclic) bond motifs is 3. The zero-order valence-corrected chi connectivity index (χ0v) is 10.4. The molecule has 0 radical (unpaired) electrons. The molecule has 0 aliphatic carbocycles. The van der Waals surface area contributed by atoms with Crippen molar-refractivity contribution in [2.24, 2.45) is 5.92 Å². The quantitative estimate of drug-likeness (QED) is 0.543. The van der Waals surface area contributed by atoms with Gasteiger partial charge < -0.3 is 15.0 Å². The summed E-state index contributed by atoms with van der Waals surface area (Å²) in [5.41, 5.74) is 1.10. The second kappa shape index (κ2) is 5.80. The zero-order valence-electron chi connectivity index (χ0n) is 10.4. The average molecular weight is 224 g/mol. The van der Waals surface area contributed by atoms with Crippen molar-refractivity contribution in [3.8, 4) is 0 Å². The Labute approximate surface area is 98.8 Å². The number of hydrogen-bond acceptors (Lipinski definition) is 3. The van der Waals surface area contributed by atoms with Crippen molar-refractivity contribution in [2.75, 3.05) is 39.4 Å². The zero-order chi connectivity index (χ0) is 11.4. The van der Waals surface area contributed by atoms with Crippen molar-refractivity contribution in [3.63, 3.8) is 0 Å². The number of piperidine rings is 3. The van der Waals surface area contributed by atoms with Gasteiger partial charge in [0.05, 0.1) is 13.2 Å². The summed E-state index contributed by atoms with van der Waals surface area (Å²) in [6, 6.07) is 0.705. The number of nitrogens with one attached hydrogen (secondary N) is 1. The van der Waals surface area contributed by atoms with Gasteiger partial charge in [-0.05, 0) is 38.8 Å². The molecule has 3 heterocycles. The summed E-state index contributed by atoms with van der Waals surface area (Å²) in [6.07, 6.45) is 2.76. The minimum atomic E-state index is 0.696. The molecule has 0 aromatic heterocycles. The van der Waals surface area contributed by atoms with Crippen molar-refractivity contribution in [1.29, 1.82) is 0 Å². The van der Waals surface area contributed by atoms with Crippen molar-refractivity contribution in [2.45, 2.75) is 25.8 Å². The van der Waals surface area contributed by atoms with Gasteiger partial charge in [-0.15, -0.1) is 0 Å². The van der Waals surface area contributed by atoms with E-state index in [4.69, 9.17) is 4.74 Å². The molecule has 3 nitrogen and oxygen atoms in total. The molecule has 3 aliphatic heterocycles. The highest BCUT2D eigenvalue weighted by Gasteiger charge is 2.33. The Balaban J connectivity index is 1.58. The van der Waals surface area contributed by atoms with Crippen LogP contribution >= 0.6 is 0 Å². The van der Waals surface area contributed by atoms with E-state index < -0.39 is 0 Å².